The molecule has 8 heteroatoms. The largest absolute Gasteiger partial charge is 0.497 e. The van der Waals surface area contributed by atoms with Crippen molar-refractivity contribution in [1.29, 1.82) is 0 Å². The first-order valence-corrected chi connectivity index (χ1v) is 10.5. The summed E-state index contributed by atoms with van der Waals surface area (Å²) >= 11 is 0. The van der Waals surface area contributed by atoms with Gasteiger partial charge in [-0.25, -0.2) is 9.97 Å². The standard InChI is InChI=1S/C22H30N6O2/c1-29-18-4-2-3-16(13-18)19-14-28(22-20(19)21(24)25-15-26-22)17-5-8-27(9-6-17)10-12-30-11-7-23/h2-4,13-15,17H,5-12,23H2,1H3,(H2,24,25,26). The van der Waals surface area contributed by atoms with Crippen LogP contribution in [0.2, 0.25) is 0 Å². The minimum atomic E-state index is 0.377. The number of nitrogens with two attached hydrogens (primary N) is 2. The number of fused-ring (bicyclic) bond motifs is 1. The lowest BCUT2D eigenvalue weighted by atomic mass is 10.0. The second-order valence-corrected chi connectivity index (χ2v) is 7.61. The number of nitrogens with zero attached hydrogens (tertiary/aromatic N) is 4. The average Bonchev–Trinajstić information content (AvgIpc) is 3.18. The fourth-order valence-corrected chi connectivity index (χ4v) is 4.20. The van der Waals surface area contributed by atoms with Gasteiger partial charge in [-0.05, 0) is 30.5 Å². The first-order chi connectivity index (χ1) is 14.7. The summed E-state index contributed by atoms with van der Waals surface area (Å²) in [6, 6.07) is 8.40. The van der Waals surface area contributed by atoms with Crippen LogP contribution in [0.25, 0.3) is 22.2 Å². The number of ether oxygens (including phenoxy) is 2. The third kappa shape index (κ3) is 4.26. The van der Waals surface area contributed by atoms with E-state index in [1.807, 2.05) is 18.2 Å². The van der Waals surface area contributed by atoms with Crippen LogP contribution in [-0.2, 0) is 4.74 Å². The topological polar surface area (TPSA) is 104 Å². The molecule has 0 amide bonds. The van der Waals surface area contributed by atoms with E-state index < -0.39 is 0 Å². The number of nitrogen functional groups attached to an aromatic ring is 1. The van der Waals surface area contributed by atoms with E-state index in [1.54, 1.807) is 13.4 Å². The zero-order valence-corrected chi connectivity index (χ0v) is 17.5. The molecule has 0 atom stereocenters. The molecule has 2 aromatic heterocycles. The van der Waals surface area contributed by atoms with E-state index in [0.29, 0.717) is 25.0 Å². The summed E-state index contributed by atoms with van der Waals surface area (Å²) in [7, 11) is 1.68. The molecule has 4 rings (SSSR count). The zero-order chi connectivity index (χ0) is 20.9. The van der Waals surface area contributed by atoms with Gasteiger partial charge in [0.2, 0.25) is 0 Å². The number of hydrogen-bond acceptors (Lipinski definition) is 7. The zero-order valence-electron chi connectivity index (χ0n) is 17.5. The van der Waals surface area contributed by atoms with Gasteiger partial charge in [0.25, 0.3) is 0 Å². The van der Waals surface area contributed by atoms with Gasteiger partial charge in [0.05, 0.1) is 25.7 Å². The fourth-order valence-electron chi connectivity index (χ4n) is 4.20. The molecule has 4 N–H and O–H groups in total. The molecule has 0 aliphatic carbocycles. The molecule has 1 saturated heterocycles. The second kappa shape index (κ2) is 9.42. The number of benzene rings is 1. The van der Waals surface area contributed by atoms with Crippen molar-refractivity contribution in [3.63, 3.8) is 0 Å². The van der Waals surface area contributed by atoms with E-state index in [2.05, 4.69) is 31.7 Å². The number of anilines is 1. The van der Waals surface area contributed by atoms with Crippen molar-refractivity contribution in [2.24, 2.45) is 5.73 Å². The van der Waals surface area contributed by atoms with Crippen molar-refractivity contribution >= 4 is 16.9 Å². The average molecular weight is 411 g/mol. The third-order valence-corrected chi connectivity index (χ3v) is 5.78. The maximum Gasteiger partial charge on any atom is 0.146 e. The summed E-state index contributed by atoms with van der Waals surface area (Å²) in [4.78, 5) is 11.3. The predicted octanol–water partition coefficient (Wildman–Crippen LogP) is 2.30. The summed E-state index contributed by atoms with van der Waals surface area (Å²) in [5.74, 6) is 1.32. The van der Waals surface area contributed by atoms with Crippen molar-refractivity contribution < 1.29 is 9.47 Å². The summed E-state index contributed by atoms with van der Waals surface area (Å²) < 4.78 is 13.2. The minimum absolute atomic E-state index is 0.377. The van der Waals surface area contributed by atoms with Crippen LogP contribution in [0, 0.1) is 0 Å². The first kappa shape index (κ1) is 20.6. The maximum absolute atomic E-state index is 6.28. The second-order valence-electron chi connectivity index (χ2n) is 7.61. The number of likely N-dealkylation sites (tertiary alicyclic amines) is 1. The molecule has 3 heterocycles. The van der Waals surface area contributed by atoms with Crippen LogP contribution in [-0.4, -0.2) is 65.9 Å². The van der Waals surface area contributed by atoms with E-state index in [-0.39, 0.29) is 0 Å². The molecule has 3 aromatic rings. The SMILES string of the molecule is COc1cccc(-c2cn(C3CCN(CCOCCN)CC3)c3ncnc(N)c23)c1. The Kier molecular flexibility index (Phi) is 6.47. The number of methoxy groups -OCH3 is 1. The van der Waals surface area contributed by atoms with Gasteiger partial charge in [0.15, 0.2) is 0 Å². The highest BCUT2D eigenvalue weighted by Gasteiger charge is 2.24. The Bertz CT molecular complexity index is 981. The number of piperidine rings is 1. The third-order valence-electron chi connectivity index (χ3n) is 5.78. The molecule has 160 valence electrons. The van der Waals surface area contributed by atoms with Gasteiger partial charge in [-0.15, -0.1) is 0 Å². The Labute approximate surface area is 176 Å². The van der Waals surface area contributed by atoms with Crippen LogP contribution in [0.15, 0.2) is 36.8 Å². The molecule has 0 unspecified atom stereocenters. The summed E-state index contributed by atoms with van der Waals surface area (Å²) in [6.07, 6.45) is 5.84. The Balaban J connectivity index is 1.58. The fraction of sp³-hybridized carbons (Fsp3) is 0.455. The highest BCUT2D eigenvalue weighted by molar-refractivity contribution is 6.00. The number of hydrogen-bond donors (Lipinski definition) is 2. The normalized spacial score (nSPS) is 15.7. The summed E-state index contributed by atoms with van der Waals surface area (Å²) in [6.45, 7) is 4.95. The number of aromatic nitrogens is 3. The molecule has 1 aromatic carbocycles. The lowest BCUT2D eigenvalue weighted by Crippen LogP contribution is -2.36. The predicted molar refractivity (Wildman–Crippen MR) is 119 cm³/mol. The van der Waals surface area contributed by atoms with Crippen LogP contribution in [0.3, 0.4) is 0 Å². The van der Waals surface area contributed by atoms with E-state index in [1.165, 1.54) is 0 Å². The number of rotatable bonds is 8. The van der Waals surface area contributed by atoms with Gasteiger partial charge in [0, 0.05) is 44.0 Å². The van der Waals surface area contributed by atoms with Crippen LogP contribution in [0.1, 0.15) is 18.9 Å². The van der Waals surface area contributed by atoms with Gasteiger partial charge in [-0.2, -0.15) is 0 Å². The van der Waals surface area contributed by atoms with Crippen molar-refractivity contribution in [2.45, 2.75) is 18.9 Å². The highest BCUT2D eigenvalue weighted by Crippen LogP contribution is 2.37. The highest BCUT2D eigenvalue weighted by atomic mass is 16.5. The van der Waals surface area contributed by atoms with Crippen LogP contribution in [0.5, 0.6) is 5.75 Å². The van der Waals surface area contributed by atoms with Gasteiger partial charge in [-0.3, -0.25) is 0 Å². The van der Waals surface area contributed by atoms with Crippen molar-refractivity contribution in [3.05, 3.63) is 36.8 Å². The van der Waals surface area contributed by atoms with Crippen molar-refractivity contribution in [2.75, 3.05) is 52.2 Å². The van der Waals surface area contributed by atoms with Gasteiger partial charge < -0.3 is 30.4 Å². The molecule has 0 spiro atoms. The van der Waals surface area contributed by atoms with E-state index in [4.69, 9.17) is 20.9 Å². The van der Waals surface area contributed by atoms with E-state index in [9.17, 15) is 0 Å². The van der Waals surface area contributed by atoms with Crippen LogP contribution in [0.4, 0.5) is 5.82 Å². The van der Waals surface area contributed by atoms with Crippen molar-refractivity contribution in [3.8, 4) is 16.9 Å². The van der Waals surface area contributed by atoms with Crippen molar-refractivity contribution in [1.82, 2.24) is 19.4 Å². The molecule has 0 saturated carbocycles. The van der Waals surface area contributed by atoms with Crippen LogP contribution >= 0.6 is 0 Å². The molecule has 0 radical (unpaired) electrons. The molecule has 0 bridgehead atoms. The summed E-state index contributed by atoms with van der Waals surface area (Å²) in [5.41, 5.74) is 14.7. The molecular weight excluding hydrogens is 380 g/mol. The smallest absolute Gasteiger partial charge is 0.146 e. The Hall–Kier alpha value is -2.68. The van der Waals surface area contributed by atoms with Crippen LogP contribution < -0.4 is 16.2 Å². The summed E-state index contributed by atoms with van der Waals surface area (Å²) in [5, 5.41) is 0.906. The van der Waals surface area contributed by atoms with E-state index in [0.717, 1.165) is 67.0 Å². The maximum atomic E-state index is 6.28. The Morgan fingerprint density at radius 2 is 2.00 bits per heavy atom. The molecule has 30 heavy (non-hydrogen) atoms. The monoisotopic (exact) mass is 410 g/mol. The molecule has 1 fully saturated rings. The van der Waals surface area contributed by atoms with Gasteiger partial charge in [0.1, 0.15) is 23.5 Å². The molecule has 1 aliphatic heterocycles. The van der Waals surface area contributed by atoms with Gasteiger partial charge >= 0.3 is 0 Å². The Morgan fingerprint density at radius 3 is 2.77 bits per heavy atom. The Morgan fingerprint density at radius 1 is 1.17 bits per heavy atom. The molecule has 1 aliphatic rings. The molecular formula is C22H30N6O2. The lowest BCUT2D eigenvalue weighted by molar-refractivity contribution is 0.0939. The quantitative estimate of drug-likeness (QED) is 0.549. The van der Waals surface area contributed by atoms with E-state index >= 15 is 0 Å². The first-order valence-electron chi connectivity index (χ1n) is 10.5. The van der Waals surface area contributed by atoms with Gasteiger partial charge in [-0.1, -0.05) is 12.1 Å². The minimum Gasteiger partial charge on any atom is -0.497 e. The lowest BCUT2D eigenvalue weighted by Gasteiger charge is -2.32. The molecule has 8 nitrogen and oxygen atoms in total.